The molecule has 0 bridgehead atoms. The molecule has 1 aliphatic carbocycles. The van der Waals surface area contributed by atoms with E-state index in [9.17, 15) is 9.90 Å². The second-order valence-electron chi connectivity index (χ2n) is 7.71. The van der Waals surface area contributed by atoms with Gasteiger partial charge in [0.1, 0.15) is 11.7 Å². The number of esters is 1. The Morgan fingerprint density at radius 1 is 0.767 bits per heavy atom. The summed E-state index contributed by atoms with van der Waals surface area (Å²) in [5.41, 5.74) is 2.03. The molecule has 0 spiro atoms. The number of carbonyl (C=O) groups excluding carboxylic acids is 1. The Labute approximate surface area is 177 Å². The molecule has 4 rings (SSSR count). The Morgan fingerprint density at radius 2 is 1.17 bits per heavy atom. The highest BCUT2D eigenvalue weighted by Crippen LogP contribution is 2.44. The third kappa shape index (κ3) is 4.02. The van der Waals surface area contributed by atoms with Gasteiger partial charge < -0.3 is 14.6 Å². The molecule has 4 heteroatoms. The molecule has 3 atom stereocenters. The van der Waals surface area contributed by atoms with Crippen LogP contribution in [0.2, 0.25) is 0 Å². The molecule has 0 saturated heterocycles. The van der Waals surface area contributed by atoms with Crippen molar-refractivity contribution < 1.29 is 19.4 Å². The van der Waals surface area contributed by atoms with E-state index in [1.165, 1.54) is 6.92 Å². The molecule has 30 heavy (non-hydrogen) atoms. The van der Waals surface area contributed by atoms with Gasteiger partial charge in [-0.1, -0.05) is 91.0 Å². The van der Waals surface area contributed by atoms with Crippen molar-refractivity contribution in [2.75, 3.05) is 0 Å². The van der Waals surface area contributed by atoms with Crippen molar-refractivity contribution in [3.63, 3.8) is 0 Å². The van der Waals surface area contributed by atoms with Crippen LogP contribution in [0, 0.1) is 0 Å². The maximum atomic E-state index is 11.7. The molecule has 0 unspecified atom stereocenters. The van der Waals surface area contributed by atoms with E-state index < -0.39 is 23.9 Å². The fourth-order valence-corrected chi connectivity index (χ4v) is 4.35. The number of benzene rings is 3. The van der Waals surface area contributed by atoms with Gasteiger partial charge in [-0.05, 0) is 16.7 Å². The van der Waals surface area contributed by atoms with Crippen LogP contribution in [-0.2, 0) is 19.9 Å². The topological polar surface area (TPSA) is 55.8 Å². The number of ether oxygens (including phenoxy) is 2. The predicted molar refractivity (Wildman–Crippen MR) is 115 cm³/mol. The summed E-state index contributed by atoms with van der Waals surface area (Å²) in [6.07, 6.45) is -0.720. The first-order valence-corrected chi connectivity index (χ1v) is 10.3. The summed E-state index contributed by atoms with van der Waals surface area (Å²) in [6, 6.07) is 30.2. The van der Waals surface area contributed by atoms with Crippen LogP contribution in [0.15, 0.2) is 91.0 Å². The highest BCUT2D eigenvalue weighted by molar-refractivity contribution is 5.66. The van der Waals surface area contributed by atoms with E-state index in [-0.39, 0.29) is 5.97 Å². The fraction of sp³-hybridized carbons (Fsp3) is 0.269. The number of hydrogen-bond acceptors (Lipinski definition) is 4. The van der Waals surface area contributed by atoms with E-state index in [1.54, 1.807) is 0 Å². The van der Waals surface area contributed by atoms with Crippen molar-refractivity contribution in [1.82, 2.24) is 0 Å². The standard InChI is InChI=1S/C26H26O4/c1-19(27)29-24-17-23(28)18-25(24)30-26(20-11-5-2-6-12-20,21-13-7-3-8-14-21)22-15-9-4-10-16-22/h2-16,23-25,28H,17-18H2,1H3/t23-,24+,25-/m0/s1. The van der Waals surface area contributed by atoms with Crippen LogP contribution >= 0.6 is 0 Å². The van der Waals surface area contributed by atoms with E-state index in [1.807, 2.05) is 91.0 Å². The maximum Gasteiger partial charge on any atom is 0.302 e. The monoisotopic (exact) mass is 402 g/mol. The minimum atomic E-state index is -0.906. The SMILES string of the molecule is CC(=O)O[C@@H]1C[C@H](O)C[C@@H]1OC(c1ccccc1)(c1ccccc1)c1ccccc1. The quantitative estimate of drug-likeness (QED) is 0.489. The van der Waals surface area contributed by atoms with E-state index in [0.717, 1.165) is 16.7 Å². The molecule has 0 aliphatic heterocycles. The minimum Gasteiger partial charge on any atom is -0.460 e. The van der Waals surface area contributed by atoms with Crippen LogP contribution in [0.4, 0.5) is 0 Å². The van der Waals surface area contributed by atoms with Crippen molar-refractivity contribution in [3.05, 3.63) is 108 Å². The summed E-state index contributed by atoms with van der Waals surface area (Å²) in [7, 11) is 0. The van der Waals surface area contributed by atoms with Crippen LogP contribution < -0.4 is 0 Å². The smallest absolute Gasteiger partial charge is 0.302 e. The van der Waals surface area contributed by atoms with Crippen LogP contribution in [0.3, 0.4) is 0 Å². The van der Waals surface area contributed by atoms with Gasteiger partial charge in [0.05, 0.1) is 12.2 Å². The lowest BCUT2D eigenvalue weighted by Crippen LogP contribution is -2.40. The zero-order chi connectivity index (χ0) is 21.0. The van der Waals surface area contributed by atoms with Gasteiger partial charge >= 0.3 is 5.97 Å². The first-order chi connectivity index (χ1) is 14.6. The molecule has 154 valence electrons. The molecule has 0 aromatic heterocycles. The Hall–Kier alpha value is -2.95. The van der Waals surface area contributed by atoms with E-state index in [0.29, 0.717) is 12.8 Å². The highest BCUT2D eigenvalue weighted by atomic mass is 16.6. The van der Waals surface area contributed by atoms with E-state index in [2.05, 4.69) is 0 Å². The van der Waals surface area contributed by atoms with Gasteiger partial charge in [0, 0.05) is 19.8 Å². The van der Waals surface area contributed by atoms with Crippen molar-refractivity contribution >= 4 is 5.97 Å². The molecule has 4 nitrogen and oxygen atoms in total. The molecule has 1 N–H and O–H groups in total. The second kappa shape index (κ2) is 8.82. The van der Waals surface area contributed by atoms with Gasteiger partial charge in [0.2, 0.25) is 0 Å². The molecule has 0 heterocycles. The first kappa shape index (κ1) is 20.3. The first-order valence-electron chi connectivity index (χ1n) is 10.3. The summed E-state index contributed by atoms with van der Waals surface area (Å²) in [5, 5.41) is 10.3. The Balaban J connectivity index is 1.88. The van der Waals surface area contributed by atoms with Gasteiger partial charge in [-0.2, -0.15) is 0 Å². The molecule has 0 amide bonds. The van der Waals surface area contributed by atoms with Crippen LogP contribution in [0.1, 0.15) is 36.5 Å². The van der Waals surface area contributed by atoms with Gasteiger partial charge in [0.25, 0.3) is 0 Å². The molecular formula is C26H26O4. The minimum absolute atomic E-state index is 0.368. The number of aliphatic hydroxyl groups is 1. The summed E-state index contributed by atoms with van der Waals surface area (Å²) in [4.78, 5) is 11.7. The zero-order valence-corrected chi connectivity index (χ0v) is 17.0. The highest BCUT2D eigenvalue weighted by Gasteiger charge is 2.45. The largest absolute Gasteiger partial charge is 0.460 e. The predicted octanol–water partition coefficient (Wildman–Crippen LogP) is 4.45. The third-order valence-electron chi connectivity index (χ3n) is 5.61. The molecule has 1 saturated carbocycles. The van der Waals surface area contributed by atoms with Gasteiger partial charge in [-0.15, -0.1) is 0 Å². The normalized spacial score (nSPS) is 21.3. The number of carbonyl (C=O) groups is 1. The number of rotatable bonds is 6. The zero-order valence-electron chi connectivity index (χ0n) is 17.0. The average molecular weight is 402 g/mol. The lowest BCUT2D eigenvalue weighted by Gasteiger charge is -2.39. The summed E-state index contributed by atoms with van der Waals surface area (Å²) in [5.74, 6) is -0.368. The van der Waals surface area contributed by atoms with Crippen molar-refractivity contribution in [3.8, 4) is 0 Å². The Morgan fingerprint density at radius 3 is 1.57 bits per heavy atom. The summed E-state index contributed by atoms with van der Waals surface area (Å²) >= 11 is 0. The Bertz CT molecular complexity index is 859. The lowest BCUT2D eigenvalue weighted by atomic mass is 9.80. The maximum absolute atomic E-state index is 11.7. The molecule has 1 fully saturated rings. The van der Waals surface area contributed by atoms with Gasteiger partial charge in [-0.25, -0.2) is 0 Å². The van der Waals surface area contributed by atoms with Crippen LogP contribution in [0.5, 0.6) is 0 Å². The molecular weight excluding hydrogens is 376 g/mol. The fourth-order valence-electron chi connectivity index (χ4n) is 4.35. The molecule has 3 aromatic carbocycles. The molecule has 0 radical (unpaired) electrons. The van der Waals surface area contributed by atoms with Gasteiger partial charge in [-0.3, -0.25) is 4.79 Å². The second-order valence-corrected chi connectivity index (χ2v) is 7.71. The molecule has 3 aromatic rings. The van der Waals surface area contributed by atoms with E-state index >= 15 is 0 Å². The molecule has 1 aliphatic rings. The third-order valence-corrected chi connectivity index (χ3v) is 5.61. The van der Waals surface area contributed by atoms with Crippen molar-refractivity contribution in [2.24, 2.45) is 0 Å². The van der Waals surface area contributed by atoms with Crippen molar-refractivity contribution in [2.45, 2.75) is 43.7 Å². The summed E-state index contributed by atoms with van der Waals surface area (Å²) in [6.45, 7) is 1.39. The summed E-state index contributed by atoms with van der Waals surface area (Å²) < 4.78 is 12.4. The Kier molecular flexibility index (Phi) is 5.98. The average Bonchev–Trinajstić information content (AvgIpc) is 3.11. The number of hydrogen-bond donors (Lipinski definition) is 1. The number of aliphatic hydroxyl groups excluding tert-OH is 1. The lowest BCUT2D eigenvalue weighted by molar-refractivity contribution is -0.158. The van der Waals surface area contributed by atoms with Gasteiger partial charge in [0.15, 0.2) is 0 Å². The van der Waals surface area contributed by atoms with Crippen LogP contribution in [0.25, 0.3) is 0 Å². The van der Waals surface area contributed by atoms with E-state index in [4.69, 9.17) is 9.47 Å². The van der Waals surface area contributed by atoms with Crippen LogP contribution in [-0.4, -0.2) is 29.4 Å². The van der Waals surface area contributed by atoms with Crippen molar-refractivity contribution in [1.29, 1.82) is 0 Å².